The zero-order valence-corrected chi connectivity index (χ0v) is 7.68. The summed E-state index contributed by atoms with van der Waals surface area (Å²) >= 11 is 0. The smallest absolute Gasteiger partial charge is 0.136 e. The van der Waals surface area contributed by atoms with Crippen molar-refractivity contribution < 1.29 is 4.79 Å². The van der Waals surface area contributed by atoms with Crippen molar-refractivity contribution in [1.29, 1.82) is 0 Å². The number of hydrogen-bond acceptors (Lipinski definition) is 1. The summed E-state index contributed by atoms with van der Waals surface area (Å²) in [6.07, 6.45) is 6.66. The lowest BCUT2D eigenvalue weighted by molar-refractivity contribution is -0.128. The average molecular weight is 164 g/mol. The van der Waals surface area contributed by atoms with Crippen molar-refractivity contribution in [3.05, 3.63) is 0 Å². The number of ketones is 1. The minimum absolute atomic E-state index is 0.188. The molecule has 2 atom stereocenters. The van der Waals surface area contributed by atoms with E-state index in [0.29, 0.717) is 5.78 Å². The van der Waals surface area contributed by atoms with E-state index in [-0.39, 0.29) is 5.41 Å². The summed E-state index contributed by atoms with van der Waals surface area (Å²) < 4.78 is 0. The van der Waals surface area contributed by atoms with Gasteiger partial charge in [0.2, 0.25) is 0 Å². The van der Waals surface area contributed by atoms with Gasteiger partial charge in [-0.25, -0.2) is 0 Å². The summed E-state index contributed by atoms with van der Waals surface area (Å²) in [5.41, 5.74) is 0.188. The predicted octanol–water partition coefficient (Wildman–Crippen LogP) is 2.40. The Morgan fingerprint density at radius 3 is 2.17 bits per heavy atom. The predicted molar refractivity (Wildman–Crippen MR) is 46.7 cm³/mol. The van der Waals surface area contributed by atoms with Gasteiger partial charge in [0.1, 0.15) is 5.78 Å². The molecule has 1 nitrogen and oxygen atoms in total. The maximum Gasteiger partial charge on any atom is 0.136 e. The highest BCUT2D eigenvalue weighted by molar-refractivity contribution is 5.83. The van der Waals surface area contributed by atoms with Crippen molar-refractivity contribution in [3.8, 4) is 0 Å². The van der Waals surface area contributed by atoms with E-state index >= 15 is 0 Å². The van der Waals surface area contributed by atoms with Gasteiger partial charge in [-0.2, -0.15) is 0 Å². The van der Waals surface area contributed by atoms with Crippen LogP contribution in [0.2, 0.25) is 0 Å². The zero-order chi connectivity index (χ0) is 8.34. The fourth-order valence-electron chi connectivity index (χ4n) is 4.37. The van der Waals surface area contributed by atoms with Gasteiger partial charge in [0, 0.05) is 5.41 Å². The molecule has 0 saturated heterocycles. The fraction of sp³-hybridized carbons (Fsp3) is 0.909. The highest BCUT2D eigenvalue weighted by Gasteiger charge is 2.59. The van der Waals surface area contributed by atoms with Crippen molar-refractivity contribution in [1.82, 2.24) is 0 Å². The van der Waals surface area contributed by atoms with Crippen LogP contribution >= 0.6 is 0 Å². The number of hydrogen-bond donors (Lipinski definition) is 0. The number of Topliss-reactive ketones (excluding diaryl/α,β-unsaturated/α-hetero) is 1. The van der Waals surface area contributed by atoms with E-state index < -0.39 is 0 Å². The first kappa shape index (κ1) is 7.11. The maximum atomic E-state index is 11.6. The molecule has 0 heterocycles. The third kappa shape index (κ3) is 0.641. The molecular formula is C11H16O. The molecule has 0 aromatic rings. The van der Waals surface area contributed by atoms with Crippen LogP contribution in [0.3, 0.4) is 0 Å². The second-order valence-corrected chi connectivity index (χ2v) is 5.26. The Morgan fingerprint density at radius 1 is 1.17 bits per heavy atom. The molecule has 0 aliphatic heterocycles. The van der Waals surface area contributed by atoms with Gasteiger partial charge in [0.25, 0.3) is 0 Å². The van der Waals surface area contributed by atoms with Crippen LogP contribution in [0.4, 0.5) is 0 Å². The Kier molecular flexibility index (Phi) is 1.15. The van der Waals surface area contributed by atoms with Crippen LogP contribution in [0, 0.1) is 23.2 Å². The van der Waals surface area contributed by atoms with Gasteiger partial charge >= 0.3 is 0 Å². The van der Waals surface area contributed by atoms with Crippen molar-refractivity contribution in [2.24, 2.45) is 23.2 Å². The normalized spacial score (nSPS) is 54.9. The molecule has 4 bridgehead atoms. The molecule has 0 N–H and O–H groups in total. The van der Waals surface area contributed by atoms with Crippen molar-refractivity contribution in [2.75, 3.05) is 0 Å². The SMILES string of the molecule is CC(=O)C12C[C@@H]3CC1C[C@H](C3)C2. The second kappa shape index (κ2) is 1.94. The molecule has 4 fully saturated rings. The highest BCUT2D eigenvalue weighted by atomic mass is 16.1. The molecule has 0 radical (unpaired) electrons. The maximum absolute atomic E-state index is 11.6. The van der Waals surface area contributed by atoms with E-state index in [2.05, 4.69) is 0 Å². The van der Waals surface area contributed by atoms with Crippen LogP contribution in [0.15, 0.2) is 0 Å². The van der Waals surface area contributed by atoms with Gasteiger partial charge < -0.3 is 0 Å². The molecule has 0 aromatic carbocycles. The van der Waals surface area contributed by atoms with Gasteiger partial charge in [0.15, 0.2) is 0 Å². The molecule has 4 rings (SSSR count). The third-order valence-corrected chi connectivity index (χ3v) is 4.69. The van der Waals surface area contributed by atoms with Crippen molar-refractivity contribution in [3.63, 3.8) is 0 Å². The lowest BCUT2D eigenvalue weighted by Gasteiger charge is -2.30. The van der Waals surface area contributed by atoms with Gasteiger partial charge in [0.05, 0.1) is 0 Å². The van der Waals surface area contributed by atoms with Gasteiger partial charge in [-0.15, -0.1) is 0 Å². The summed E-state index contributed by atoms with van der Waals surface area (Å²) in [5, 5.41) is 0. The van der Waals surface area contributed by atoms with Crippen molar-refractivity contribution in [2.45, 2.75) is 39.0 Å². The average Bonchev–Trinajstić information content (AvgIpc) is 2.37. The van der Waals surface area contributed by atoms with Crippen LogP contribution in [0.1, 0.15) is 39.0 Å². The summed E-state index contributed by atoms with van der Waals surface area (Å²) in [4.78, 5) is 11.6. The zero-order valence-electron chi connectivity index (χ0n) is 7.68. The van der Waals surface area contributed by atoms with Crippen LogP contribution in [0.5, 0.6) is 0 Å². The Hall–Kier alpha value is -0.330. The lowest BCUT2D eigenvalue weighted by Crippen LogP contribution is -2.30. The standard InChI is InChI=1S/C11H16O/c1-7(12)11-5-8-2-9(6-11)4-10(11)3-8/h8-10H,2-6H2,1H3/t8-,9-,10?,11?/m0/s1. The Balaban J connectivity index is 2.03. The summed E-state index contributed by atoms with van der Waals surface area (Å²) in [6, 6.07) is 0. The first-order valence-electron chi connectivity index (χ1n) is 5.22. The van der Waals surface area contributed by atoms with Crippen LogP contribution in [-0.4, -0.2) is 5.78 Å². The van der Waals surface area contributed by atoms with E-state index in [1.165, 1.54) is 32.1 Å². The number of carbonyl (C=O) groups is 1. The van der Waals surface area contributed by atoms with E-state index in [1.807, 2.05) is 6.92 Å². The minimum Gasteiger partial charge on any atom is -0.299 e. The second-order valence-electron chi connectivity index (χ2n) is 5.26. The van der Waals surface area contributed by atoms with E-state index in [1.54, 1.807) is 0 Å². The quantitative estimate of drug-likeness (QED) is 0.581. The largest absolute Gasteiger partial charge is 0.299 e. The Morgan fingerprint density at radius 2 is 1.75 bits per heavy atom. The molecule has 0 spiro atoms. The fourth-order valence-corrected chi connectivity index (χ4v) is 4.37. The molecule has 0 amide bonds. The molecule has 66 valence electrons. The molecule has 1 heteroatoms. The summed E-state index contributed by atoms with van der Waals surface area (Å²) in [5.74, 6) is 3.13. The molecule has 12 heavy (non-hydrogen) atoms. The first-order valence-corrected chi connectivity index (χ1v) is 5.22. The first-order chi connectivity index (χ1) is 5.71. The number of rotatable bonds is 1. The lowest BCUT2D eigenvalue weighted by atomic mass is 9.73. The topological polar surface area (TPSA) is 17.1 Å². The van der Waals surface area contributed by atoms with Gasteiger partial charge in [-0.05, 0) is 56.8 Å². The Bertz CT molecular complexity index is 229. The van der Waals surface area contributed by atoms with Gasteiger partial charge in [-0.1, -0.05) is 0 Å². The highest BCUT2D eigenvalue weighted by Crippen LogP contribution is 2.65. The monoisotopic (exact) mass is 164 g/mol. The van der Waals surface area contributed by atoms with Crippen LogP contribution in [0.25, 0.3) is 0 Å². The Labute approximate surface area is 73.5 Å². The minimum atomic E-state index is 0.188. The van der Waals surface area contributed by atoms with E-state index in [4.69, 9.17) is 0 Å². The number of carbonyl (C=O) groups excluding carboxylic acids is 1. The molecular weight excluding hydrogens is 148 g/mol. The van der Waals surface area contributed by atoms with Crippen LogP contribution < -0.4 is 0 Å². The summed E-state index contributed by atoms with van der Waals surface area (Å²) in [6.45, 7) is 1.82. The third-order valence-electron chi connectivity index (χ3n) is 4.69. The molecule has 4 aliphatic carbocycles. The van der Waals surface area contributed by atoms with Crippen molar-refractivity contribution >= 4 is 5.78 Å². The van der Waals surface area contributed by atoms with Gasteiger partial charge in [-0.3, -0.25) is 4.79 Å². The van der Waals surface area contributed by atoms with Crippen LogP contribution in [-0.2, 0) is 4.79 Å². The molecule has 4 saturated carbocycles. The van der Waals surface area contributed by atoms with E-state index in [0.717, 1.165) is 17.8 Å². The van der Waals surface area contributed by atoms with E-state index in [9.17, 15) is 4.79 Å². The summed E-state index contributed by atoms with van der Waals surface area (Å²) in [7, 11) is 0. The molecule has 0 aromatic heterocycles. The molecule has 4 aliphatic rings. The molecule has 0 unspecified atom stereocenters.